The van der Waals surface area contributed by atoms with Gasteiger partial charge in [0, 0.05) is 18.2 Å². The molecule has 0 aromatic heterocycles. The minimum absolute atomic E-state index is 0.0783. The zero-order chi connectivity index (χ0) is 15.6. The Kier molecular flexibility index (Phi) is 4.76. The number of nitro benzene ring substituents is 1. The summed E-state index contributed by atoms with van der Waals surface area (Å²) >= 11 is 5.82. The van der Waals surface area contributed by atoms with Crippen molar-refractivity contribution < 1.29 is 19.6 Å². The van der Waals surface area contributed by atoms with E-state index < -0.39 is 11.0 Å². The number of rotatable bonds is 3. The SMILES string of the molecule is CC1COC(CO)CN1C(=O)c1ccc([N+](=O)[O-])c(Cl)c1. The average Bonchev–Trinajstić information content (AvgIpc) is 2.46. The molecule has 1 aliphatic heterocycles. The second kappa shape index (κ2) is 6.38. The van der Waals surface area contributed by atoms with E-state index in [1.165, 1.54) is 18.2 Å². The summed E-state index contributed by atoms with van der Waals surface area (Å²) < 4.78 is 5.37. The monoisotopic (exact) mass is 314 g/mol. The molecule has 0 radical (unpaired) electrons. The number of hydrogen-bond donors (Lipinski definition) is 1. The van der Waals surface area contributed by atoms with Gasteiger partial charge in [0.05, 0.1) is 30.3 Å². The van der Waals surface area contributed by atoms with Gasteiger partial charge < -0.3 is 14.7 Å². The summed E-state index contributed by atoms with van der Waals surface area (Å²) in [6.07, 6.45) is -0.418. The second-order valence-electron chi connectivity index (χ2n) is 4.87. The van der Waals surface area contributed by atoms with Gasteiger partial charge in [-0.25, -0.2) is 0 Å². The summed E-state index contributed by atoms with van der Waals surface area (Å²) in [4.78, 5) is 24.2. The normalized spacial score (nSPS) is 22.1. The van der Waals surface area contributed by atoms with E-state index in [2.05, 4.69) is 0 Å². The second-order valence-corrected chi connectivity index (χ2v) is 5.27. The maximum absolute atomic E-state index is 12.5. The van der Waals surface area contributed by atoms with Crippen molar-refractivity contribution in [2.45, 2.75) is 19.1 Å². The van der Waals surface area contributed by atoms with Crippen molar-refractivity contribution in [3.05, 3.63) is 38.9 Å². The minimum atomic E-state index is -0.601. The molecule has 1 aliphatic rings. The molecule has 1 heterocycles. The highest BCUT2D eigenvalue weighted by Crippen LogP contribution is 2.26. The molecule has 1 amide bonds. The quantitative estimate of drug-likeness (QED) is 0.673. The number of carbonyl (C=O) groups is 1. The molecule has 7 nitrogen and oxygen atoms in total. The lowest BCUT2D eigenvalue weighted by molar-refractivity contribution is -0.384. The number of ether oxygens (including phenoxy) is 1. The number of aliphatic hydroxyl groups excluding tert-OH is 1. The smallest absolute Gasteiger partial charge is 0.287 e. The van der Waals surface area contributed by atoms with Gasteiger partial charge in [-0.3, -0.25) is 14.9 Å². The van der Waals surface area contributed by atoms with Gasteiger partial charge in [-0.2, -0.15) is 0 Å². The summed E-state index contributed by atoms with van der Waals surface area (Å²) in [6, 6.07) is 3.74. The third kappa shape index (κ3) is 3.31. The van der Waals surface area contributed by atoms with Crippen molar-refractivity contribution in [3.8, 4) is 0 Å². The first-order valence-corrected chi connectivity index (χ1v) is 6.79. The van der Waals surface area contributed by atoms with Crippen molar-refractivity contribution in [1.29, 1.82) is 0 Å². The fourth-order valence-electron chi connectivity index (χ4n) is 2.16. The molecule has 1 saturated heterocycles. The number of aliphatic hydroxyl groups is 1. The van der Waals surface area contributed by atoms with Crippen LogP contribution in [0.15, 0.2) is 18.2 Å². The lowest BCUT2D eigenvalue weighted by Crippen LogP contribution is -2.52. The number of hydrogen-bond acceptors (Lipinski definition) is 5. The van der Waals surface area contributed by atoms with Crippen molar-refractivity contribution in [3.63, 3.8) is 0 Å². The summed E-state index contributed by atoms with van der Waals surface area (Å²) in [5.41, 5.74) is 0.0347. The summed E-state index contributed by atoms with van der Waals surface area (Å²) in [7, 11) is 0. The molecular weight excluding hydrogens is 300 g/mol. The zero-order valence-corrected chi connectivity index (χ0v) is 12.1. The van der Waals surface area contributed by atoms with Gasteiger partial charge in [-0.15, -0.1) is 0 Å². The van der Waals surface area contributed by atoms with E-state index in [0.29, 0.717) is 6.61 Å². The Morgan fingerprint density at radius 1 is 1.62 bits per heavy atom. The van der Waals surface area contributed by atoms with E-state index in [9.17, 15) is 14.9 Å². The first-order valence-electron chi connectivity index (χ1n) is 6.41. The number of morpholine rings is 1. The molecule has 21 heavy (non-hydrogen) atoms. The molecule has 0 saturated carbocycles. The van der Waals surface area contributed by atoms with Crippen LogP contribution in [-0.2, 0) is 4.74 Å². The highest BCUT2D eigenvalue weighted by molar-refractivity contribution is 6.33. The highest BCUT2D eigenvalue weighted by Gasteiger charge is 2.30. The molecule has 0 spiro atoms. The van der Waals surface area contributed by atoms with Crippen LogP contribution < -0.4 is 0 Å². The maximum Gasteiger partial charge on any atom is 0.287 e. The van der Waals surface area contributed by atoms with Crippen LogP contribution >= 0.6 is 11.6 Å². The molecule has 0 bridgehead atoms. The van der Waals surface area contributed by atoms with Crippen LogP contribution in [0.3, 0.4) is 0 Å². The molecule has 1 fully saturated rings. The lowest BCUT2D eigenvalue weighted by Gasteiger charge is -2.37. The van der Waals surface area contributed by atoms with Crippen LogP contribution in [0.25, 0.3) is 0 Å². The van der Waals surface area contributed by atoms with Crippen LogP contribution in [-0.4, -0.2) is 52.7 Å². The minimum Gasteiger partial charge on any atom is -0.394 e. The number of nitrogens with zero attached hydrogens (tertiary/aromatic N) is 2. The Bertz CT molecular complexity index is 565. The summed E-state index contributed by atoms with van der Waals surface area (Å²) in [5, 5.41) is 19.8. The molecule has 2 rings (SSSR count). The summed E-state index contributed by atoms with van der Waals surface area (Å²) in [5.74, 6) is -0.291. The average molecular weight is 315 g/mol. The predicted octanol–water partition coefficient (Wildman–Crippen LogP) is 1.47. The largest absolute Gasteiger partial charge is 0.394 e. The first kappa shape index (κ1) is 15.7. The van der Waals surface area contributed by atoms with E-state index in [-0.39, 0.29) is 41.4 Å². The Labute approximate surface area is 126 Å². The van der Waals surface area contributed by atoms with E-state index in [1.807, 2.05) is 6.92 Å². The van der Waals surface area contributed by atoms with Crippen molar-refractivity contribution >= 4 is 23.2 Å². The van der Waals surface area contributed by atoms with E-state index in [1.54, 1.807) is 4.90 Å². The molecule has 1 N–H and O–H groups in total. The molecule has 8 heteroatoms. The van der Waals surface area contributed by atoms with Crippen molar-refractivity contribution in [2.24, 2.45) is 0 Å². The number of nitro groups is 1. The van der Waals surface area contributed by atoms with Gasteiger partial charge in [0.2, 0.25) is 0 Å². The van der Waals surface area contributed by atoms with Crippen LogP contribution in [0.4, 0.5) is 5.69 Å². The van der Waals surface area contributed by atoms with Crippen molar-refractivity contribution in [1.82, 2.24) is 4.90 Å². The van der Waals surface area contributed by atoms with E-state index >= 15 is 0 Å². The third-order valence-corrected chi connectivity index (χ3v) is 3.66. The van der Waals surface area contributed by atoms with Crippen LogP contribution in [0.5, 0.6) is 0 Å². The lowest BCUT2D eigenvalue weighted by atomic mass is 10.1. The van der Waals surface area contributed by atoms with Gasteiger partial charge >= 0.3 is 0 Å². The Morgan fingerprint density at radius 3 is 2.90 bits per heavy atom. The molecule has 2 unspecified atom stereocenters. The zero-order valence-electron chi connectivity index (χ0n) is 11.4. The number of halogens is 1. The Hall–Kier alpha value is -1.70. The molecule has 2 atom stereocenters. The summed E-state index contributed by atoms with van der Waals surface area (Å²) in [6.45, 7) is 2.26. The molecular formula is C13H15ClN2O5. The molecule has 0 aliphatic carbocycles. The molecule has 1 aromatic rings. The standard InChI is InChI=1S/C13H15ClN2O5/c1-8-7-21-10(6-17)5-15(8)13(18)9-2-3-12(16(19)20)11(14)4-9/h2-4,8,10,17H,5-7H2,1H3. The maximum atomic E-state index is 12.5. The Balaban J connectivity index is 2.22. The fraction of sp³-hybridized carbons (Fsp3) is 0.462. The third-order valence-electron chi connectivity index (χ3n) is 3.36. The number of amides is 1. The van der Waals surface area contributed by atoms with Gasteiger partial charge in [0.1, 0.15) is 5.02 Å². The first-order chi connectivity index (χ1) is 9.93. The van der Waals surface area contributed by atoms with Crippen molar-refractivity contribution in [2.75, 3.05) is 19.8 Å². The van der Waals surface area contributed by atoms with Crippen LogP contribution in [0.2, 0.25) is 5.02 Å². The topological polar surface area (TPSA) is 92.9 Å². The number of benzene rings is 1. The van der Waals surface area contributed by atoms with Gasteiger partial charge in [-0.1, -0.05) is 11.6 Å². The van der Waals surface area contributed by atoms with Gasteiger partial charge in [-0.05, 0) is 19.1 Å². The van der Waals surface area contributed by atoms with Crippen LogP contribution in [0.1, 0.15) is 17.3 Å². The highest BCUT2D eigenvalue weighted by atomic mass is 35.5. The fourth-order valence-corrected chi connectivity index (χ4v) is 2.41. The van der Waals surface area contributed by atoms with Crippen LogP contribution in [0, 0.1) is 10.1 Å². The Morgan fingerprint density at radius 2 is 2.33 bits per heavy atom. The molecule has 114 valence electrons. The van der Waals surface area contributed by atoms with Gasteiger partial charge in [0.15, 0.2) is 0 Å². The van der Waals surface area contributed by atoms with E-state index in [4.69, 9.17) is 21.4 Å². The predicted molar refractivity (Wildman–Crippen MR) is 75.4 cm³/mol. The van der Waals surface area contributed by atoms with E-state index in [0.717, 1.165) is 0 Å². The molecule has 1 aromatic carbocycles. The number of carbonyl (C=O) groups excluding carboxylic acids is 1. The van der Waals surface area contributed by atoms with Gasteiger partial charge in [0.25, 0.3) is 11.6 Å².